The molecule has 0 bridgehead atoms. The van der Waals surface area contributed by atoms with Crippen LogP contribution in [0.1, 0.15) is 25.7 Å². The highest BCUT2D eigenvalue weighted by Gasteiger charge is 2.53. The standard InChI is InChI=1S/C16H23ClN2O3S/c1-18-11-12-19(2)15(20)16(9-3-4-10-16)23(21,22)14-7-5-13(17)6-8-14/h5-8,18H,3-4,9-12H2,1-2H3. The number of sulfone groups is 1. The van der Waals surface area contributed by atoms with Gasteiger partial charge >= 0.3 is 0 Å². The Morgan fingerprint density at radius 2 is 1.83 bits per heavy atom. The monoisotopic (exact) mass is 358 g/mol. The van der Waals surface area contributed by atoms with E-state index in [-0.39, 0.29) is 10.8 Å². The van der Waals surface area contributed by atoms with Crippen LogP contribution in [0.3, 0.4) is 0 Å². The fourth-order valence-electron chi connectivity index (χ4n) is 3.11. The molecule has 1 fully saturated rings. The Hall–Kier alpha value is -1.11. The van der Waals surface area contributed by atoms with Crippen LogP contribution >= 0.6 is 11.6 Å². The van der Waals surface area contributed by atoms with Crippen LogP contribution in [-0.2, 0) is 14.6 Å². The summed E-state index contributed by atoms with van der Waals surface area (Å²) in [6.07, 6.45) is 2.25. The summed E-state index contributed by atoms with van der Waals surface area (Å²) < 4.78 is 25.0. The molecule has 0 saturated heterocycles. The highest BCUT2D eigenvalue weighted by molar-refractivity contribution is 7.93. The molecule has 23 heavy (non-hydrogen) atoms. The van der Waals surface area contributed by atoms with Crippen LogP contribution in [0, 0.1) is 0 Å². The van der Waals surface area contributed by atoms with Gasteiger partial charge in [0.2, 0.25) is 5.91 Å². The molecule has 2 rings (SSSR count). The zero-order valence-corrected chi connectivity index (χ0v) is 15.1. The summed E-state index contributed by atoms with van der Waals surface area (Å²) in [5, 5.41) is 3.45. The van der Waals surface area contributed by atoms with E-state index in [0.29, 0.717) is 31.0 Å². The number of hydrogen-bond acceptors (Lipinski definition) is 4. The second-order valence-corrected chi connectivity index (χ2v) is 8.69. The molecular weight excluding hydrogens is 336 g/mol. The average molecular weight is 359 g/mol. The predicted molar refractivity (Wildman–Crippen MR) is 91.4 cm³/mol. The summed E-state index contributed by atoms with van der Waals surface area (Å²) >= 11 is 5.85. The van der Waals surface area contributed by atoms with E-state index in [2.05, 4.69) is 5.32 Å². The highest BCUT2D eigenvalue weighted by Crippen LogP contribution is 2.42. The van der Waals surface area contributed by atoms with Crippen molar-refractivity contribution < 1.29 is 13.2 Å². The summed E-state index contributed by atoms with van der Waals surface area (Å²) in [5.41, 5.74) is 0. The molecule has 0 heterocycles. The van der Waals surface area contributed by atoms with Crippen LogP contribution in [0.2, 0.25) is 5.02 Å². The zero-order chi connectivity index (χ0) is 17.1. The highest BCUT2D eigenvalue weighted by atomic mass is 35.5. The van der Waals surface area contributed by atoms with Gasteiger partial charge in [-0.25, -0.2) is 8.42 Å². The predicted octanol–water partition coefficient (Wildman–Crippen LogP) is 2.10. The van der Waals surface area contributed by atoms with Crippen molar-refractivity contribution in [2.45, 2.75) is 35.3 Å². The van der Waals surface area contributed by atoms with E-state index >= 15 is 0 Å². The van der Waals surface area contributed by atoms with Crippen LogP contribution in [0.5, 0.6) is 0 Å². The first-order chi connectivity index (χ1) is 10.8. The Labute approximate surface area is 142 Å². The number of hydrogen-bond donors (Lipinski definition) is 1. The molecule has 128 valence electrons. The number of carbonyl (C=O) groups is 1. The number of carbonyl (C=O) groups excluding carboxylic acids is 1. The molecule has 1 aromatic carbocycles. The Balaban J connectivity index is 2.40. The normalized spacial score (nSPS) is 17.2. The van der Waals surface area contributed by atoms with Crippen molar-refractivity contribution in [2.75, 3.05) is 27.2 Å². The van der Waals surface area contributed by atoms with Crippen molar-refractivity contribution in [3.63, 3.8) is 0 Å². The van der Waals surface area contributed by atoms with Crippen molar-refractivity contribution >= 4 is 27.3 Å². The first-order valence-electron chi connectivity index (χ1n) is 7.75. The second-order valence-electron chi connectivity index (χ2n) is 5.99. The average Bonchev–Trinajstić information content (AvgIpc) is 3.03. The van der Waals surface area contributed by atoms with E-state index in [1.807, 2.05) is 0 Å². The van der Waals surface area contributed by atoms with Crippen LogP contribution < -0.4 is 5.32 Å². The number of benzene rings is 1. The van der Waals surface area contributed by atoms with E-state index in [9.17, 15) is 13.2 Å². The van der Waals surface area contributed by atoms with E-state index in [1.165, 1.54) is 17.0 Å². The molecular formula is C16H23ClN2O3S. The van der Waals surface area contributed by atoms with E-state index in [0.717, 1.165) is 12.8 Å². The lowest BCUT2D eigenvalue weighted by Crippen LogP contribution is -2.52. The maximum absolute atomic E-state index is 13.2. The lowest BCUT2D eigenvalue weighted by atomic mass is 10.1. The summed E-state index contributed by atoms with van der Waals surface area (Å²) in [5.74, 6) is -0.305. The third-order valence-electron chi connectivity index (χ3n) is 4.48. The van der Waals surface area contributed by atoms with Gasteiger partial charge in [0.25, 0.3) is 0 Å². The van der Waals surface area contributed by atoms with Gasteiger partial charge in [-0.15, -0.1) is 0 Å². The van der Waals surface area contributed by atoms with Crippen LogP contribution in [0.4, 0.5) is 0 Å². The topological polar surface area (TPSA) is 66.5 Å². The third kappa shape index (κ3) is 3.39. The van der Waals surface area contributed by atoms with Crippen molar-refractivity contribution in [2.24, 2.45) is 0 Å². The lowest BCUT2D eigenvalue weighted by Gasteiger charge is -2.32. The van der Waals surface area contributed by atoms with Gasteiger partial charge in [0.1, 0.15) is 0 Å². The Kier molecular flexibility index (Phi) is 5.70. The molecule has 1 aliphatic rings. The van der Waals surface area contributed by atoms with Crippen LogP contribution in [-0.4, -0.2) is 51.2 Å². The van der Waals surface area contributed by atoms with Crippen molar-refractivity contribution in [3.05, 3.63) is 29.3 Å². The molecule has 0 aromatic heterocycles. The molecule has 1 amide bonds. The quantitative estimate of drug-likeness (QED) is 0.845. The minimum atomic E-state index is -3.76. The number of nitrogens with zero attached hydrogens (tertiary/aromatic N) is 1. The molecule has 0 spiro atoms. The number of rotatable bonds is 6. The Morgan fingerprint density at radius 3 is 2.35 bits per heavy atom. The fourth-order valence-corrected chi connectivity index (χ4v) is 5.40. The van der Waals surface area contributed by atoms with Gasteiger partial charge in [0.05, 0.1) is 4.90 Å². The molecule has 1 aliphatic carbocycles. The van der Waals surface area contributed by atoms with Crippen molar-refractivity contribution in [1.82, 2.24) is 10.2 Å². The molecule has 7 heteroatoms. The first kappa shape index (κ1) is 18.2. The summed E-state index contributed by atoms with van der Waals surface area (Å²) in [6, 6.07) is 6.07. The van der Waals surface area contributed by atoms with Gasteiger partial charge < -0.3 is 10.2 Å². The molecule has 0 atom stereocenters. The van der Waals surface area contributed by atoms with Gasteiger partial charge in [-0.2, -0.15) is 0 Å². The molecule has 0 unspecified atom stereocenters. The number of likely N-dealkylation sites (N-methyl/N-ethyl adjacent to an activating group) is 2. The fraction of sp³-hybridized carbons (Fsp3) is 0.562. The minimum Gasteiger partial charge on any atom is -0.343 e. The number of amides is 1. The lowest BCUT2D eigenvalue weighted by molar-refractivity contribution is -0.132. The molecule has 0 radical (unpaired) electrons. The minimum absolute atomic E-state index is 0.166. The molecule has 1 N–H and O–H groups in total. The van der Waals surface area contributed by atoms with E-state index in [4.69, 9.17) is 11.6 Å². The van der Waals surface area contributed by atoms with Gasteiger partial charge in [-0.05, 0) is 44.2 Å². The summed E-state index contributed by atoms with van der Waals surface area (Å²) in [6.45, 7) is 1.10. The molecule has 1 aromatic rings. The van der Waals surface area contributed by atoms with Gasteiger partial charge in [0.15, 0.2) is 14.6 Å². The summed E-state index contributed by atoms with van der Waals surface area (Å²) in [4.78, 5) is 14.6. The molecule has 0 aliphatic heterocycles. The third-order valence-corrected chi connectivity index (χ3v) is 7.24. The van der Waals surface area contributed by atoms with Crippen molar-refractivity contribution in [3.8, 4) is 0 Å². The van der Waals surface area contributed by atoms with E-state index in [1.54, 1.807) is 26.2 Å². The van der Waals surface area contributed by atoms with Crippen LogP contribution in [0.15, 0.2) is 29.2 Å². The number of halogens is 1. The molecule has 1 saturated carbocycles. The first-order valence-corrected chi connectivity index (χ1v) is 9.61. The smallest absolute Gasteiger partial charge is 0.244 e. The van der Waals surface area contributed by atoms with Gasteiger partial charge in [0, 0.05) is 25.2 Å². The van der Waals surface area contributed by atoms with Gasteiger partial charge in [-0.1, -0.05) is 24.4 Å². The Morgan fingerprint density at radius 1 is 1.26 bits per heavy atom. The summed E-state index contributed by atoms with van der Waals surface area (Å²) in [7, 11) is -0.293. The Bertz CT molecular complexity index is 652. The van der Waals surface area contributed by atoms with Crippen LogP contribution in [0.25, 0.3) is 0 Å². The van der Waals surface area contributed by atoms with Gasteiger partial charge in [-0.3, -0.25) is 4.79 Å². The maximum atomic E-state index is 13.2. The molecule has 5 nitrogen and oxygen atoms in total. The largest absolute Gasteiger partial charge is 0.343 e. The maximum Gasteiger partial charge on any atom is 0.244 e. The number of nitrogens with one attached hydrogen (secondary N) is 1. The van der Waals surface area contributed by atoms with Crippen molar-refractivity contribution in [1.29, 1.82) is 0 Å². The van der Waals surface area contributed by atoms with E-state index < -0.39 is 14.6 Å². The second kappa shape index (κ2) is 7.20. The SMILES string of the molecule is CNCCN(C)C(=O)C1(S(=O)(=O)c2ccc(Cl)cc2)CCCC1. The zero-order valence-electron chi connectivity index (χ0n) is 13.5.